The number of furan rings is 1. The van der Waals surface area contributed by atoms with Gasteiger partial charge in [-0.3, -0.25) is 19.3 Å². The van der Waals surface area contributed by atoms with E-state index >= 15 is 0 Å². The van der Waals surface area contributed by atoms with E-state index in [0.29, 0.717) is 13.0 Å². The van der Waals surface area contributed by atoms with Crippen LogP contribution >= 0.6 is 12.2 Å². The average molecular weight is 452 g/mol. The number of nitrogens with zero attached hydrogens (tertiary/aromatic N) is 2. The van der Waals surface area contributed by atoms with Gasteiger partial charge in [-0.1, -0.05) is 49.1 Å². The summed E-state index contributed by atoms with van der Waals surface area (Å²) in [4.78, 5) is 19.6. The zero-order chi connectivity index (χ0) is 22.5. The molecule has 0 bridgehead atoms. The third-order valence-electron chi connectivity index (χ3n) is 6.23. The molecule has 3 aromatic rings. The van der Waals surface area contributed by atoms with Crippen molar-refractivity contribution in [3.8, 4) is 5.88 Å². The van der Waals surface area contributed by atoms with Crippen molar-refractivity contribution in [2.24, 2.45) is 4.99 Å². The van der Waals surface area contributed by atoms with Crippen LogP contribution in [-0.2, 0) is 0 Å². The van der Waals surface area contributed by atoms with Crippen molar-refractivity contribution in [2.75, 3.05) is 6.54 Å². The molecule has 1 aliphatic carbocycles. The lowest BCUT2D eigenvalue weighted by atomic mass is 9.92. The summed E-state index contributed by atoms with van der Waals surface area (Å²) in [5.74, 6) is 0.864. The highest BCUT2D eigenvalue weighted by Gasteiger charge is 2.21. The number of H-pyrrole nitrogens is 1. The van der Waals surface area contributed by atoms with Crippen molar-refractivity contribution in [1.29, 1.82) is 0 Å². The van der Waals surface area contributed by atoms with E-state index in [-0.39, 0.29) is 28.2 Å². The Morgan fingerprint density at radius 2 is 2.00 bits per heavy atom. The van der Waals surface area contributed by atoms with E-state index in [2.05, 4.69) is 41.2 Å². The molecule has 0 amide bonds. The molecule has 1 fully saturated rings. The quantitative estimate of drug-likeness (QED) is 0.359. The van der Waals surface area contributed by atoms with Crippen LogP contribution in [0.3, 0.4) is 0 Å². The third-order valence-corrected chi connectivity index (χ3v) is 6.53. The predicted molar refractivity (Wildman–Crippen MR) is 128 cm³/mol. The van der Waals surface area contributed by atoms with Gasteiger partial charge in [0.1, 0.15) is 11.3 Å². The summed E-state index contributed by atoms with van der Waals surface area (Å²) in [7, 11) is 0. The lowest BCUT2D eigenvalue weighted by Crippen LogP contribution is -2.23. The van der Waals surface area contributed by atoms with Crippen molar-refractivity contribution in [3.05, 3.63) is 80.2 Å². The van der Waals surface area contributed by atoms with Crippen molar-refractivity contribution in [3.63, 3.8) is 0 Å². The Morgan fingerprint density at radius 3 is 2.69 bits per heavy atom. The van der Waals surface area contributed by atoms with Gasteiger partial charge in [-0.05, 0) is 56.1 Å². The maximum Gasteiger partial charge on any atom is 0.264 e. The molecule has 0 aliphatic heterocycles. The summed E-state index contributed by atoms with van der Waals surface area (Å²) in [5.41, 5.74) is 2.11. The van der Waals surface area contributed by atoms with Crippen molar-refractivity contribution >= 4 is 18.4 Å². The molecule has 0 unspecified atom stereocenters. The van der Waals surface area contributed by atoms with Crippen molar-refractivity contribution in [2.45, 2.75) is 57.4 Å². The molecule has 1 saturated carbocycles. The fraction of sp³-hybridized carbons (Fsp3) is 0.400. The Bertz CT molecular complexity index is 1170. The van der Waals surface area contributed by atoms with Gasteiger partial charge in [-0.25, -0.2) is 0 Å². The molecule has 0 radical (unpaired) electrons. The minimum atomic E-state index is -0.413. The van der Waals surface area contributed by atoms with E-state index in [4.69, 9.17) is 16.6 Å². The Kier molecular flexibility index (Phi) is 7.05. The second-order valence-electron chi connectivity index (χ2n) is 8.46. The highest BCUT2D eigenvalue weighted by Crippen LogP contribution is 2.32. The first-order valence-electron chi connectivity index (χ1n) is 11.2. The summed E-state index contributed by atoms with van der Waals surface area (Å²) >= 11 is 5.34. The minimum Gasteiger partial charge on any atom is -0.494 e. The highest BCUT2D eigenvalue weighted by molar-refractivity contribution is 7.71. The molecule has 0 spiro atoms. The van der Waals surface area contributed by atoms with E-state index in [9.17, 15) is 9.90 Å². The number of aryl methyl sites for hydroxylation is 1. The van der Waals surface area contributed by atoms with E-state index in [1.54, 1.807) is 10.8 Å². The summed E-state index contributed by atoms with van der Waals surface area (Å²) in [5, 5.41) is 10.8. The van der Waals surface area contributed by atoms with E-state index in [1.165, 1.54) is 18.2 Å². The fourth-order valence-electron chi connectivity index (χ4n) is 4.47. The molecule has 1 aromatic carbocycles. The molecule has 4 rings (SSSR count). The van der Waals surface area contributed by atoms with Gasteiger partial charge in [0.25, 0.3) is 5.56 Å². The first kappa shape index (κ1) is 22.3. The van der Waals surface area contributed by atoms with Gasteiger partial charge < -0.3 is 9.52 Å². The van der Waals surface area contributed by atoms with Gasteiger partial charge in [-0.15, -0.1) is 0 Å². The number of nitrogens with one attached hydrogen (secondary N) is 1. The summed E-state index contributed by atoms with van der Waals surface area (Å²) in [6.07, 6.45) is 9.16. The summed E-state index contributed by atoms with van der Waals surface area (Å²) in [6.45, 7) is 2.55. The molecule has 6 nitrogen and oxygen atoms in total. The Morgan fingerprint density at radius 1 is 1.25 bits per heavy atom. The smallest absolute Gasteiger partial charge is 0.264 e. The number of aromatic nitrogens is 2. The van der Waals surface area contributed by atoms with Crippen LogP contribution in [0.5, 0.6) is 5.88 Å². The summed E-state index contributed by atoms with van der Waals surface area (Å²) in [6, 6.07) is 12.4. The van der Waals surface area contributed by atoms with Gasteiger partial charge >= 0.3 is 0 Å². The average Bonchev–Trinajstić information content (AvgIpc) is 3.31. The first-order valence-corrected chi connectivity index (χ1v) is 11.6. The topological polar surface area (TPSA) is 83.5 Å². The zero-order valence-corrected chi connectivity index (χ0v) is 19.1. The number of aromatic hydroxyl groups is 1. The second-order valence-corrected chi connectivity index (χ2v) is 8.85. The molecule has 2 N–H and O–H groups in total. The van der Waals surface area contributed by atoms with Gasteiger partial charge in [0, 0.05) is 24.7 Å². The molecule has 2 aromatic heterocycles. The van der Waals surface area contributed by atoms with E-state index in [1.807, 2.05) is 12.1 Å². The van der Waals surface area contributed by atoms with Crippen molar-refractivity contribution < 1.29 is 9.52 Å². The van der Waals surface area contributed by atoms with Crippen molar-refractivity contribution in [1.82, 2.24) is 9.55 Å². The second kappa shape index (κ2) is 10.1. The maximum absolute atomic E-state index is 12.5. The number of benzene rings is 1. The van der Waals surface area contributed by atoms with Crippen LogP contribution in [0.2, 0.25) is 0 Å². The lowest BCUT2D eigenvalue weighted by Gasteiger charge is -2.25. The minimum absolute atomic E-state index is 0.0665. The lowest BCUT2D eigenvalue weighted by molar-refractivity contribution is 0.303. The largest absolute Gasteiger partial charge is 0.494 e. The van der Waals surface area contributed by atoms with Crippen LogP contribution in [0.15, 0.2) is 56.9 Å². The standard InChI is InChI=1S/C25H29N3O3S/c1-17-9-11-18(12-10-17)20(22-8-5-15-31-22)13-14-26-16-21-23(29)27-25(32)28(24(21)30)19-6-3-2-4-7-19/h5,8-12,15-16,19-20,30H,2-4,6-7,13-14H2,1H3,(H,27,29,32)/t20-/m0/s1. The van der Waals surface area contributed by atoms with Crippen LogP contribution in [0.25, 0.3) is 0 Å². The molecule has 2 heterocycles. The van der Waals surface area contributed by atoms with Crippen LogP contribution in [0.1, 0.15) is 72.9 Å². The third kappa shape index (κ3) is 4.93. The van der Waals surface area contributed by atoms with E-state index < -0.39 is 5.56 Å². The fourth-order valence-corrected chi connectivity index (χ4v) is 4.80. The number of rotatable bonds is 7. The summed E-state index contributed by atoms with van der Waals surface area (Å²) < 4.78 is 7.63. The normalized spacial score (nSPS) is 15.9. The van der Waals surface area contributed by atoms with Crippen LogP contribution in [-0.4, -0.2) is 27.4 Å². The predicted octanol–water partition coefficient (Wildman–Crippen LogP) is 5.66. The number of hydrogen-bond acceptors (Lipinski definition) is 5. The maximum atomic E-state index is 12.5. The number of aliphatic imine (C=N–C) groups is 1. The molecular weight excluding hydrogens is 422 g/mol. The Hall–Kier alpha value is -2.93. The van der Waals surface area contributed by atoms with Gasteiger partial charge in [0.15, 0.2) is 4.77 Å². The first-order chi connectivity index (χ1) is 15.5. The Labute approximate surface area is 192 Å². The number of hydrogen-bond donors (Lipinski definition) is 2. The van der Waals surface area contributed by atoms with Crippen LogP contribution in [0.4, 0.5) is 0 Å². The molecule has 1 aliphatic rings. The Balaban J connectivity index is 1.53. The molecule has 168 valence electrons. The molecular formula is C25H29N3O3S. The molecule has 7 heteroatoms. The number of aromatic amines is 1. The molecule has 32 heavy (non-hydrogen) atoms. The van der Waals surface area contributed by atoms with Gasteiger partial charge in [0.2, 0.25) is 5.88 Å². The van der Waals surface area contributed by atoms with Crippen LogP contribution < -0.4 is 5.56 Å². The molecule has 1 atom stereocenters. The van der Waals surface area contributed by atoms with E-state index in [0.717, 1.165) is 37.0 Å². The van der Waals surface area contributed by atoms with Gasteiger partial charge in [0.05, 0.1) is 6.26 Å². The van der Waals surface area contributed by atoms with Gasteiger partial charge in [-0.2, -0.15) is 0 Å². The highest BCUT2D eigenvalue weighted by atomic mass is 32.1. The zero-order valence-electron chi connectivity index (χ0n) is 18.3. The molecule has 0 saturated heterocycles. The van der Waals surface area contributed by atoms with Crippen LogP contribution in [0, 0.1) is 11.7 Å². The monoisotopic (exact) mass is 451 g/mol. The SMILES string of the molecule is Cc1ccc([C@H](CCN=Cc2c(O)n(C3CCCCC3)c(=S)[nH]c2=O)c2ccco2)cc1.